The van der Waals surface area contributed by atoms with Crippen LogP contribution < -0.4 is 11.1 Å². The lowest BCUT2D eigenvalue weighted by molar-refractivity contribution is 0.698. The zero-order valence-electron chi connectivity index (χ0n) is 14.7. The minimum atomic E-state index is 0.00320. The number of H-pyrrole nitrogens is 1. The van der Waals surface area contributed by atoms with E-state index in [1.807, 2.05) is 31.2 Å². The average Bonchev–Trinajstić information content (AvgIpc) is 3.29. The van der Waals surface area contributed by atoms with E-state index in [0.717, 1.165) is 43.2 Å². The van der Waals surface area contributed by atoms with Crippen LogP contribution in [0.3, 0.4) is 0 Å². The van der Waals surface area contributed by atoms with Gasteiger partial charge in [0.05, 0.1) is 5.52 Å². The molecule has 0 aliphatic rings. The van der Waals surface area contributed by atoms with Gasteiger partial charge in [-0.1, -0.05) is 39.4 Å². The van der Waals surface area contributed by atoms with Crippen molar-refractivity contribution >= 4 is 43.3 Å². The van der Waals surface area contributed by atoms with Crippen molar-refractivity contribution in [3.8, 4) is 10.6 Å². The zero-order chi connectivity index (χ0) is 18.8. The van der Waals surface area contributed by atoms with Gasteiger partial charge in [0.15, 0.2) is 0 Å². The monoisotopic (exact) mass is 442 g/mol. The summed E-state index contributed by atoms with van der Waals surface area (Å²) in [6, 6.07) is 14.3. The molecule has 0 amide bonds. The van der Waals surface area contributed by atoms with Crippen LogP contribution in [0.5, 0.6) is 0 Å². The number of aromatic amines is 1. The molecule has 0 aliphatic heterocycles. The molecule has 4 aromatic rings. The van der Waals surface area contributed by atoms with Gasteiger partial charge in [0, 0.05) is 33.7 Å². The molecular formula is C19H19BrN6S. The number of rotatable bonds is 6. The highest BCUT2D eigenvalue weighted by Gasteiger charge is 2.11. The van der Waals surface area contributed by atoms with Gasteiger partial charge in [-0.2, -0.15) is 5.10 Å². The highest BCUT2D eigenvalue weighted by molar-refractivity contribution is 9.10. The summed E-state index contributed by atoms with van der Waals surface area (Å²) >= 11 is 4.97. The number of nitrogens with zero attached hydrogens (tertiary/aromatic N) is 3. The van der Waals surface area contributed by atoms with Crippen molar-refractivity contribution in [2.45, 2.75) is 19.4 Å². The Kier molecular flexibility index (Phi) is 5.20. The molecule has 4 N–H and O–H groups in total. The number of aromatic nitrogens is 4. The molecule has 0 aliphatic carbocycles. The molecule has 0 fully saturated rings. The molecule has 0 saturated carbocycles. The second-order valence-electron chi connectivity index (χ2n) is 6.46. The van der Waals surface area contributed by atoms with Crippen LogP contribution >= 0.6 is 27.3 Å². The molecule has 0 spiro atoms. The Morgan fingerprint density at radius 2 is 2.00 bits per heavy atom. The first-order valence-corrected chi connectivity index (χ1v) is 10.2. The van der Waals surface area contributed by atoms with E-state index < -0.39 is 0 Å². The Labute approximate surface area is 169 Å². The number of benzene rings is 2. The molecule has 138 valence electrons. The van der Waals surface area contributed by atoms with Gasteiger partial charge in [0.2, 0.25) is 5.13 Å². The smallest absolute Gasteiger partial charge is 0.206 e. The second kappa shape index (κ2) is 7.75. The van der Waals surface area contributed by atoms with E-state index >= 15 is 0 Å². The van der Waals surface area contributed by atoms with Gasteiger partial charge in [0.25, 0.3) is 0 Å². The van der Waals surface area contributed by atoms with Crippen LogP contribution in [-0.2, 0) is 6.42 Å². The largest absolute Gasteiger partial charge is 0.359 e. The van der Waals surface area contributed by atoms with Crippen LogP contribution in [0.15, 0.2) is 46.9 Å². The first kappa shape index (κ1) is 18.1. The Morgan fingerprint density at radius 1 is 1.19 bits per heavy atom. The van der Waals surface area contributed by atoms with Crippen molar-refractivity contribution in [3.63, 3.8) is 0 Å². The second-order valence-corrected chi connectivity index (χ2v) is 8.36. The third-order valence-electron chi connectivity index (χ3n) is 4.34. The third kappa shape index (κ3) is 4.18. The molecule has 0 radical (unpaired) electrons. The number of halogens is 1. The van der Waals surface area contributed by atoms with Crippen LogP contribution in [0.1, 0.15) is 11.3 Å². The van der Waals surface area contributed by atoms with Gasteiger partial charge in [-0.25, -0.2) is 0 Å². The maximum atomic E-state index is 6.25. The molecule has 1 unspecified atom stereocenters. The van der Waals surface area contributed by atoms with E-state index in [0.29, 0.717) is 6.54 Å². The van der Waals surface area contributed by atoms with Crippen molar-refractivity contribution in [2.75, 3.05) is 11.9 Å². The molecule has 0 saturated heterocycles. The number of fused-ring (bicyclic) bond motifs is 1. The number of hydrogen-bond acceptors (Lipinski definition) is 6. The minimum absolute atomic E-state index is 0.00320. The molecular weight excluding hydrogens is 424 g/mol. The lowest BCUT2D eigenvalue weighted by Crippen LogP contribution is -2.31. The Hall–Kier alpha value is -2.29. The number of nitrogens with two attached hydrogens (primary N) is 1. The highest BCUT2D eigenvalue weighted by Crippen LogP contribution is 2.29. The molecule has 2 aromatic heterocycles. The Balaban J connectivity index is 1.40. The molecule has 27 heavy (non-hydrogen) atoms. The van der Waals surface area contributed by atoms with Gasteiger partial charge in [-0.05, 0) is 49.2 Å². The summed E-state index contributed by atoms with van der Waals surface area (Å²) in [5, 5.41) is 21.9. The Morgan fingerprint density at radius 3 is 2.81 bits per heavy atom. The third-order valence-corrected chi connectivity index (χ3v) is 5.80. The molecule has 0 bridgehead atoms. The van der Waals surface area contributed by atoms with Gasteiger partial charge < -0.3 is 11.1 Å². The maximum Gasteiger partial charge on any atom is 0.206 e. The number of anilines is 1. The fourth-order valence-corrected chi connectivity index (χ4v) is 3.91. The van der Waals surface area contributed by atoms with E-state index in [4.69, 9.17) is 5.73 Å². The summed E-state index contributed by atoms with van der Waals surface area (Å²) in [7, 11) is 0. The number of hydrogen-bond donors (Lipinski definition) is 3. The maximum absolute atomic E-state index is 6.25. The van der Waals surface area contributed by atoms with E-state index in [1.54, 1.807) is 0 Å². The minimum Gasteiger partial charge on any atom is -0.359 e. The molecule has 2 heterocycles. The van der Waals surface area contributed by atoms with Crippen LogP contribution in [-0.4, -0.2) is 33.0 Å². The van der Waals surface area contributed by atoms with Gasteiger partial charge >= 0.3 is 0 Å². The average molecular weight is 443 g/mol. The number of aryl methyl sites for hydroxylation is 1. The van der Waals surface area contributed by atoms with E-state index in [9.17, 15) is 0 Å². The first-order chi connectivity index (χ1) is 13.1. The van der Waals surface area contributed by atoms with Crippen molar-refractivity contribution in [3.05, 3.63) is 58.2 Å². The quantitative estimate of drug-likeness (QED) is 0.417. The molecule has 1 atom stereocenters. The lowest BCUT2D eigenvalue weighted by Gasteiger charge is -2.12. The van der Waals surface area contributed by atoms with Crippen molar-refractivity contribution in [2.24, 2.45) is 5.73 Å². The van der Waals surface area contributed by atoms with Gasteiger partial charge in [-0.15, -0.1) is 10.2 Å². The van der Waals surface area contributed by atoms with Crippen molar-refractivity contribution in [1.29, 1.82) is 0 Å². The molecule has 6 nitrogen and oxygen atoms in total. The summed E-state index contributed by atoms with van der Waals surface area (Å²) in [5.41, 5.74) is 10.5. The predicted octanol–water partition coefficient (Wildman–Crippen LogP) is 4.13. The first-order valence-electron chi connectivity index (χ1n) is 8.61. The lowest BCUT2D eigenvalue weighted by atomic mass is 10.1. The van der Waals surface area contributed by atoms with E-state index in [1.165, 1.54) is 16.9 Å². The molecule has 8 heteroatoms. The fourth-order valence-electron chi connectivity index (χ4n) is 2.90. The fraction of sp³-hybridized carbons (Fsp3) is 0.211. The molecule has 2 aromatic carbocycles. The van der Waals surface area contributed by atoms with Crippen LogP contribution in [0.2, 0.25) is 0 Å². The van der Waals surface area contributed by atoms with Gasteiger partial charge in [0.1, 0.15) is 5.01 Å². The Bertz CT molecular complexity index is 1060. The van der Waals surface area contributed by atoms with Crippen LogP contribution in [0.4, 0.5) is 5.13 Å². The summed E-state index contributed by atoms with van der Waals surface area (Å²) in [4.78, 5) is 0. The summed E-state index contributed by atoms with van der Waals surface area (Å²) in [6.45, 7) is 2.66. The van der Waals surface area contributed by atoms with Crippen LogP contribution in [0, 0.1) is 6.92 Å². The highest BCUT2D eigenvalue weighted by atomic mass is 79.9. The summed E-state index contributed by atoms with van der Waals surface area (Å²) in [5.74, 6) is 0. The van der Waals surface area contributed by atoms with E-state index in [-0.39, 0.29) is 6.04 Å². The topological polar surface area (TPSA) is 92.5 Å². The zero-order valence-corrected chi connectivity index (χ0v) is 17.1. The van der Waals surface area contributed by atoms with Crippen LogP contribution in [0.25, 0.3) is 21.5 Å². The summed E-state index contributed by atoms with van der Waals surface area (Å²) in [6.07, 6.45) is 0.808. The van der Waals surface area contributed by atoms with E-state index in [2.05, 4.69) is 59.8 Å². The van der Waals surface area contributed by atoms with Gasteiger partial charge in [-0.3, -0.25) is 5.10 Å². The molecule has 4 rings (SSSR count). The van der Waals surface area contributed by atoms with Crippen molar-refractivity contribution in [1.82, 2.24) is 20.4 Å². The predicted molar refractivity (Wildman–Crippen MR) is 114 cm³/mol. The SMILES string of the molecule is Cc1[nH]nc2ccc(-c3nnc(NCC(N)Cc4ccc(Br)cc4)s3)cc12. The standard InChI is InChI=1S/C19H19BrN6S/c1-11-16-9-13(4-7-17(16)24-23-11)18-25-26-19(27-18)22-10-15(21)8-12-2-5-14(20)6-3-12/h2-7,9,15H,8,10,21H2,1H3,(H,22,26)(H,23,24). The number of nitrogens with one attached hydrogen (secondary N) is 2. The normalized spacial score (nSPS) is 12.4. The summed E-state index contributed by atoms with van der Waals surface area (Å²) < 4.78 is 1.07. The van der Waals surface area contributed by atoms with Crippen molar-refractivity contribution < 1.29 is 0 Å².